The van der Waals surface area contributed by atoms with E-state index < -0.39 is 0 Å². The summed E-state index contributed by atoms with van der Waals surface area (Å²) in [6.45, 7) is 5.41. The Hall–Kier alpha value is -0.330. The zero-order valence-corrected chi connectivity index (χ0v) is 5.44. The fraction of sp³-hybridized carbons (Fsp3) is 0.833. The molecule has 7 heavy (non-hydrogen) atoms. The van der Waals surface area contributed by atoms with Crippen molar-refractivity contribution < 1.29 is 4.58 Å². The highest BCUT2D eigenvalue weighted by atomic mass is 14.9. The van der Waals surface area contributed by atoms with Crippen LogP contribution in [0.15, 0.2) is 0 Å². The Balaban J connectivity index is 3.29. The van der Waals surface area contributed by atoms with Gasteiger partial charge in [0.2, 0.25) is 0 Å². The van der Waals surface area contributed by atoms with E-state index in [9.17, 15) is 0 Å². The molecule has 0 bridgehead atoms. The predicted molar refractivity (Wildman–Crippen MR) is 33.1 cm³/mol. The predicted octanol–water partition coefficient (Wildman–Crippen LogP) is 1.13. The van der Waals surface area contributed by atoms with Crippen molar-refractivity contribution in [2.45, 2.75) is 20.3 Å². The first kappa shape index (κ1) is 6.67. The van der Waals surface area contributed by atoms with E-state index in [1.807, 2.05) is 0 Å². The second-order valence-corrected chi connectivity index (χ2v) is 1.66. The van der Waals surface area contributed by atoms with Gasteiger partial charge in [-0.15, -0.1) is 0 Å². The Morgan fingerprint density at radius 2 is 2.00 bits per heavy atom. The van der Waals surface area contributed by atoms with Crippen LogP contribution in [0.1, 0.15) is 20.3 Å². The molecule has 0 spiro atoms. The van der Waals surface area contributed by atoms with E-state index >= 15 is 0 Å². The monoisotopic (exact) mass is 100 g/mol. The zero-order valence-electron chi connectivity index (χ0n) is 5.44. The first-order valence-electron chi connectivity index (χ1n) is 2.84. The molecule has 42 valence electrons. The number of nitrogens with zero attached hydrogens (tertiary/aromatic N) is 1. The molecule has 0 unspecified atom stereocenters. The summed E-state index contributed by atoms with van der Waals surface area (Å²) in [5.74, 6) is 0. The van der Waals surface area contributed by atoms with E-state index in [1.54, 1.807) is 0 Å². The van der Waals surface area contributed by atoms with E-state index in [0.29, 0.717) is 0 Å². The van der Waals surface area contributed by atoms with E-state index in [4.69, 9.17) is 0 Å². The molecule has 0 heterocycles. The molecular formula is C6H14N+. The molecule has 0 aliphatic rings. The van der Waals surface area contributed by atoms with Crippen molar-refractivity contribution in [3.63, 3.8) is 0 Å². The Morgan fingerprint density at radius 3 is 2.14 bits per heavy atom. The summed E-state index contributed by atoms with van der Waals surface area (Å²) in [7, 11) is 2.09. The molecule has 0 aliphatic heterocycles. The third-order valence-electron chi connectivity index (χ3n) is 0.993. The highest BCUT2D eigenvalue weighted by molar-refractivity contribution is 5.50. The van der Waals surface area contributed by atoms with Gasteiger partial charge in [-0.3, -0.25) is 0 Å². The maximum atomic E-state index is 2.18. The minimum absolute atomic E-state index is 1.12. The van der Waals surface area contributed by atoms with Crippen molar-refractivity contribution in [2.24, 2.45) is 0 Å². The second-order valence-electron chi connectivity index (χ2n) is 1.66. The zero-order chi connectivity index (χ0) is 5.70. The summed E-state index contributed by atoms with van der Waals surface area (Å²) in [6, 6.07) is 0. The number of hydrogen-bond acceptors (Lipinski definition) is 0. The van der Waals surface area contributed by atoms with Gasteiger partial charge in [0.05, 0.1) is 0 Å². The Morgan fingerprint density at radius 1 is 1.43 bits per heavy atom. The molecule has 1 nitrogen and oxygen atoms in total. The molecule has 0 aromatic heterocycles. The van der Waals surface area contributed by atoms with Crippen LogP contribution in [-0.4, -0.2) is 24.4 Å². The van der Waals surface area contributed by atoms with Gasteiger partial charge in [0, 0.05) is 6.42 Å². The summed E-state index contributed by atoms with van der Waals surface area (Å²) in [6.07, 6.45) is 3.32. The summed E-state index contributed by atoms with van der Waals surface area (Å²) >= 11 is 0. The van der Waals surface area contributed by atoms with Crippen LogP contribution in [-0.2, 0) is 0 Å². The van der Waals surface area contributed by atoms with E-state index in [-0.39, 0.29) is 0 Å². The minimum Gasteiger partial charge on any atom is -0.243 e. The van der Waals surface area contributed by atoms with Gasteiger partial charge in [-0.2, -0.15) is 0 Å². The van der Waals surface area contributed by atoms with Gasteiger partial charge in [0.1, 0.15) is 19.8 Å². The van der Waals surface area contributed by atoms with Crippen molar-refractivity contribution >= 4 is 6.21 Å². The third-order valence-corrected chi connectivity index (χ3v) is 0.993. The number of hydrogen-bond donors (Lipinski definition) is 0. The lowest BCUT2D eigenvalue weighted by Gasteiger charge is -1.85. The molecule has 0 N–H and O–H groups in total. The molecule has 0 saturated carbocycles. The van der Waals surface area contributed by atoms with Gasteiger partial charge in [-0.05, 0) is 6.92 Å². The third kappa shape index (κ3) is 3.50. The van der Waals surface area contributed by atoms with Crippen LogP contribution >= 0.6 is 0 Å². The van der Waals surface area contributed by atoms with Crippen LogP contribution in [0.2, 0.25) is 0 Å². The minimum atomic E-state index is 1.12. The van der Waals surface area contributed by atoms with Crippen LogP contribution < -0.4 is 0 Å². The molecule has 0 amide bonds. The first-order valence-corrected chi connectivity index (χ1v) is 2.84. The number of rotatable bonds is 2. The smallest absolute Gasteiger partial charge is 0.139 e. The van der Waals surface area contributed by atoms with Crippen LogP contribution in [0.4, 0.5) is 0 Å². The van der Waals surface area contributed by atoms with Gasteiger partial charge in [0.15, 0.2) is 0 Å². The van der Waals surface area contributed by atoms with Crippen molar-refractivity contribution in [1.29, 1.82) is 0 Å². The Bertz CT molecular complexity index is 64.6. The lowest BCUT2D eigenvalue weighted by Crippen LogP contribution is -2.04. The van der Waals surface area contributed by atoms with Gasteiger partial charge in [-0.25, -0.2) is 4.58 Å². The van der Waals surface area contributed by atoms with E-state index in [0.717, 1.165) is 13.0 Å². The highest BCUT2D eigenvalue weighted by Gasteiger charge is 1.82. The Labute approximate surface area is 45.7 Å². The van der Waals surface area contributed by atoms with E-state index in [1.165, 1.54) is 0 Å². The summed E-state index contributed by atoms with van der Waals surface area (Å²) in [5.41, 5.74) is 0. The fourth-order valence-corrected chi connectivity index (χ4v) is 0.441. The van der Waals surface area contributed by atoms with Crippen molar-refractivity contribution in [3.8, 4) is 0 Å². The van der Waals surface area contributed by atoms with Gasteiger partial charge in [0.25, 0.3) is 0 Å². The average molecular weight is 100 g/mol. The molecule has 0 radical (unpaired) electrons. The molecule has 0 aliphatic carbocycles. The normalized spacial score (nSPS) is 12.1. The molecule has 0 fully saturated rings. The van der Waals surface area contributed by atoms with Crippen LogP contribution in [0.25, 0.3) is 0 Å². The summed E-state index contributed by atoms with van der Waals surface area (Å²) in [4.78, 5) is 0. The summed E-state index contributed by atoms with van der Waals surface area (Å²) < 4.78 is 2.18. The molecule has 0 atom stereocenters. The van der Waals surface area contributed by atoms with Crippen LogP contribution in [0, 0.1) is 0 Å². The lowest BCUT2D eigenvalue weighted by molar-refractivity contribution is -0.489. The van der Waals surface area contributed by atoms with E-state index in [2.05, 4.69) is 31.7 Å². The standard InChI is InChI=1S/C6H14N/c1-4-6-7(3)5-2/h6H,4-5H2,1-3H3/q+1/b7-6-. The molecule has 0 aromatic carbocycles. The van der Waals surface area contributed by atoms with Gasteiger partial charge >= 0.3 is 0 Å². The van der Waals surface area contributed by atoms with Crippen molar-refractivity contribution in [1.82, 2.24) is 0 Å². The fourth-order valence-electron chi connectivity index (χ4n) is 0.441. The quantitative estimate of drug-likeness (QED) is 0.361. The molecule has 0 rings (SSSR count). The van der Waals surface area contributed by atoms with Gasteiger partial charge < -0.3 is 0 Å². The lowest BCUT2D eigenvalue weighted by atomic mass is 10.5. The van der Waals surface area contributed by atoms with Crippen LogP contribution in [0.3, 0.4) is 0 Å². The molecule has 0 saturated heterocycles. The highest BCUT2D eigenvalue weighted by Crippen LogP contribution is 1.67. The first-order chi connectivity index (χ1) is 3.31. The molecular weight excluding hydrogens is 86.1 g/mol. The van der Waals surface area contributed by atoms with Gasteiger partial charge in [-0.1, -0.05) is 6.92 Å². The SMILES string of the molecule is CC/C=[N+](/C)CC. The summed E-state index contributed by atoms with van der Waals surface area (Å²) in [5, 5.41) is 0. The molecule has 0 aromatic rings. The van der Waals surface area contributed by atoms with Crippen molar-refractivity contribution in [3.05, 3.63) is 0 Å². The largest absolute Gasteiger partial charge is 0.243 e. The average Bonchev–Trinajstić information content (AvgIpc) is 1.68. The Kier molecular flexibility index (Phi) is 3.67. The van der Waals surface area contributed by atoms with Crippen LogP contribution in [0.5, 0.6) is 0 Å². The second kappa shape index (κ2) is 3.85. The van der Waals surface area contributed by atoms with Crippen molar-refractivity contribution in [2.75, 3.05) is 13.6 Å². The maximum absolute atomic E-state index is 2.18. The maximum Gasteiger partial charge on any atom is 0.139 e. The topological polar surface area (TPSA) is 3.01 Å². The molecule has 1 heteroatoms.